The van der Waals surface area contributed by atoms with Crippen LogP contribution in [0.2, 0.25) is 0 Å². The lowest BCUT2D eigenvalue weighted by atomic mass is 10.1. The van der Waals surface area contributed by atoms with Crippen LogP contribution < -0.4 is 28.6 Å². The number of carbonyl (C=O) groups excluding carboxylic acids is 1. The van der Waals surface area contributed by atoms with Gasteiger partial charge in [-0.05, 0) is 61.0 Å². The maximum atomic E-state index is 13.2. The normalized spacial score (nSPS) is 13.4. The number of rotatable bonds is 8. The standard InChI is InChI=1S/C26H28N2O7S/c1-17(19-7-11-23-25(15-19)35-14-13-34-23)27-26(29)18-5-8-20(9-6-18)28(2)36(30,31)21-10-12-22(32-3)24(16-21)33-4/h5-12,15-17H,13-14H2,1-4H3,(H,27,29). The predicted molar refractivity (Wildman–Crippen MR) is 135 cm³/mol. The van der Waals surface area contributed by atoms with E-state index in [1.54, 1.807) is 24.3 Å². The second-order valence-corrected chi connectivity index (χ2v) is 10.1. The van der Waals surface area contributed by atoms with E-state index in [1.807, 2.05) is 25.1 Å². The number of hydrogen-bond donors (Lipinski definition) is 1. The quantitative estimate of drug-likeness (QED) is 0.490. The van der Waals surface area contributed by atoms with E-state index in [0.29, 0.717) is 47.5 Å². The summed E-state index contributed by atoms with van der Waals surface area (Å²) in [6.45, 7) is 2.88. The Bertz CT molecular complexity index is 1360. The number of fused-ring (bicyclic) bond motifs is 1. The number of amides is 1. The predicted octanol–water partition coefficient (Wildman–Crippen LogP) is 3.79. The molecule has 0 bridgehead atoms. The van der Waals surface area contributed by atoms with Crippen LogP contribution in [-0.4, -0.2) is 48.8 Å². The first-order valence-electron chi connectivity index (χ1n) is 11.3. The van der Waals surface area contributed by atoms with Gasteiger partial charge in [0.1, 0.15) is 13.2 Å². The Kier molecular flexibility index (Phi) is 7.25. The number of ether oxygens (including phenoxy) is 4. The van der Waals surface area contributed by atoms with Gasteiger partial charge in [-0.2, -0.15) is 0 Å². The molecule has 0 radical (unpaired) electrons. The summed E-state index contributed by atoms with van der Waals surface area (Å²) in [6, 6.07) is 16.0. The molecule has 1 amide bonds. The summed E-state index contributed by atoms with van der Waals surface area (Å²) in [4.78, 5) is 12.9. The third-order valence-electron chi connectivity index (χ3n) is 5.92. The van der Waals surface area contributed by atoms with Crippen molar-refractivity contribution in [2.75, 3.05) is 38.8 Å². The summed E-state index contributed by atoms with van der Waals surface area (Å²) < 4.78 is 49.0. The number of nitrogens with zero attached hydrogens (tertiary/aromatic N) is 1. The van der Waals surface area contributed by atoms with Gasteiger partial charge in [-0.25, -0.2) is 8.42 Å². The first kappa shape index (κ1) is 25.2. The van der Waals surface area contributed by atoms with E-state index in [1.165, 1.54) is 39.5 Å². The van der Waals surface area contributed by atoms with E-state index >= 15 is 0 Å². The summed E-state index contributed by atoms with van der Waals surface area (Å²) >= 11 is 0. The van der Waals surface area contributed by atoms with Gasteiger partial charge < -0.3 is 24.3 Å². The molecule has 0 aromatic heterocycles. The largest absolute Gasteiger partial charge is 0.493 e. The molecular weight excluding hydrogens is 484 g/mol. The van der Waals surface area contributed by atoms with Gasteiger partial charge in [-0.1, -0.05) is 6.07 Å². The Hall–Kier alpha value is -3.92. The van der Waals surface area contributed by atoms with Gasteiger partial charge in [-0.3, -0.25) is 9.10 Å². The molecule has 0 aliphatic carbocycles. The Morgan fingerprint density at radius 2 is 1.58 bits per heavy atom. The smallest absolute Gasteiger partial charge is 0.264 e. The van der Waals surface area contributed by atoms with Crippen molar-refractivity contribution >= 4 is 21.6 Å². The van der Waals surface area contributed by atoms with Gasteiger partial charge in [0.05, 0.1) is 30.8 Å². The van der Waals surface area contributed by atoms with E-state index in [4.69, 9.17) is 18.9 Å². The highest BCUT2D eigenvalue weighted by Gasteiger charge is 2.24. The van der Waals surface area contributed by atoms with Crippen LogP contribution in [0, 0.1) is 0 Å². The average Bonchev–Trinajstić information content (AvgIpc) is 2.91. The Morgan fingerprint density at radius 3 is 2.25 bits per heavy atom. The number of methoxy groups -OCH3 is 2. The second kappa shape index (κ2) is 10.4. The first-order chi connectivity index (χ1) is 17.2. The molecule has 3 aromatic rings. The SMILES string of the molecule is COc1ccc(S(=O)(=O)N(C)c2ccc(C(=O)NC(C)c3ccc4c(c3)OCCO4)cc2)cc1OC. The van der Waals surface area contributed by atoms with Crippen LogP contribution in [0.15, 0.2) is 65.6 Å². The summed E-state index contributed by atoms with van der Waals surface area (Å²) in [5.74, 6) is 1.80. The summed E-state index contributed by atoms with van der Waals surface area (Å²) in [6.07, 6.45) is 0. The lowest BCUT2D eigenvalue weighted by Crippen LogP contribution is -2.28. The zero-order chi connectivity index (χ0) is 25.9. The zero-order valence-electron chi connectivity index (χ0n) is 20.5. The number of benzene rings is 3. The third kappa shape index (κ3) is 5.03. The zero-order valence-corrected chi connectivity index (χ0v) is 21.3. The summed E-state index contributed by atoms with van der Waals surface area (Å²) in [5, 5.41) is 2.95. The van der Waals surface area contributed by atoms with E-state index < -0.39 is 10.0 Å². The fourth-order valence-corrected chi connectivity index (χ4v) is 5.00. The highest BCUT2D eigenvalue weighted by molar-refractivity contribution is 7.92. The maximum Gasteiger partial charge on any atom is 0.264 e. The monoisotopic (exact) mass is 512 g/mol. The lowest BCUT2D eigenvalue weighted by Gasteiger charge is -2.21. The Balaban J connectivity index is 1.46. The van der Waals surface area contributed by atoms with Crippen molar-refractivity contribution in [3.05, 3.63) is 71.8 Å². The Labute approximate surface area is 210 Å². The van der Waals surface area contributed by atoms with Gasteiger partial charge >= 0.3 is 0 Å². The topological polar surface area (TPSA) is 103 Å². The van der Waals surface area contributed by atoms with Crippen molar-refractivity contribution in [2.45, 2.75) is 17.9 Å². The van der Waals surface area contributed by atoms with Crippen molar-refractivity contribution in [1.82, 2.24) is 5.32 Å². The van der Waals surface area contributed by atoms with Crippen molar-refractivity contribution in [3.63, 3.8) is 0 Å². The molecule has 10 heteroatoms. The van der Waals surface area contributed by atoms with Crippen molar-refractivity contribution in [1.29, 1.82) is 0 Å². The van der Waals surface area contributed by atoms with Crippen LogP contribution in [-0.2, 0) is 10.0 Å². The van der Waals surface area contributed by atoms with Gasteiger partial charge in [-0.15, -0.1) is 0 Å². The molecule has 1 aliphatic heterocycles. The number of nitrogens with one attached hydrogen (secondary N) is 1. The number of carbonyl (C=O) groups is 1. The maximum absolute atomic E-state index is 13.2. The van der Waals surface area contributed by atoms with Crippen LogP contribution in [0.5, 0.6) is 23.0 Å². The molecule has 0 spiro atoms. The van der Waals surface area contributed by atoms with Crippen molar-refractivity contribution in [2.24, 2.45) is 0 Å². The van der Waals surface area contributed by atoms with Crippen molar-refractivity contribution < 1.29 is 32.2 Å². The summed E-state index contributed by atoms with van der Waals surface area (Å²) in [7, 11) is 0.499. The van der Waals surface area contributed by atoms with E-state index in [-0.39, 0.29) is 16.8 Å². The first-order valence-corrected chi connectivity index (χ1v) is 12.7. The molecule has 9 nitrogen and oxygen atoms in total. The molecule has 36 heavy (non-hydrogen) atoms. The highest BCUT2D eigenvalue weighted by Crippen LogP contribution is 2.33. The van der Waals surface area contributed by atoms with Crippen LogP contribution in [0.1, 0.15) is 28.9 Å². The molecule has 3 aromatic carbocycles. The van der Waals surface area contributed by atoms with Gasteiger partial charge in [0.25, 0.3) is 15.9 Å². The minimum atomic E-state index is -3.87. The van der Waals surface area contributed by atoms with Crippen LogP contribution in [0.25, 0.3) is 0 Å². The number of hydrogen-bond acceptors (Lipinski definition) is 7. The van der Waals surface area contributed by atoms with Crippen molar-refractivity contribution in [3.8, 4) is 23.0 Å². The second-order valence-electron chi connectivity index (χ2n) is 8.13. The Morgan fingerprint density at radius 1 is 0.917 bits per heavy atom. The van der Waals surface area contributed by atoms with Gasteiger partial charge in [0.15, 0.2) is 23.0 Å². The minimum absolute atomic E-state index is 0.0534. The summed E-state index contributed by atoms with van der Waals surface area (Å²) in [5.41, 5.74) is 1.69. The van der Waals surface area contributed by atoms with Crippen LogP contribution in [0.4, 0.5) is 5.69 Å². The fourth-order valence-electron chi connectivity index (χ4n) is 3.79. The minimum Gasteiger partial charge on any atom is -0.493 e. The molecule has 1 aliphatic rings. The molecule has 190 valence electrons. The molecule has 0 saturated carbocycles. The van der Waals surface area contributed by atoms with Crippen LogP contribution >= 0.6 is 0 Å². The average molecular weight is 513 g/mol. The lowest BCUT2D eigenvalue weighted by molar-refractivity contribution is 0.0939. The number of anilines is 1. The molecule has 4 rings (SSSR count). The molecule has 0 saturated heterocycles. The highest BCUT2D eigenvalue weighted by atomic mass is 32.2. The molecule has 1 N–H and O–H groups in total. The molecule has 1 heterocycles. The number of sulfonamides is 1. The molecular formula is C26H28N2O7S. The fraction of sp³-hybridized carbons (Fsp3) is 0.269. The van der Waals surface area contributed by atoms with Crippen LogP contribution in [0.3, 0.4) is 0 Å². The van der Waals surface area contributed by atoms with E-state index in [9.17, 15) is 13.2 Å². The van der Waals surface area contributed by atoms with E-state index in [0.717, 1.165) is 9.87 Å². The van der Waals surface area contributed by atoms with Gasteiger partial charge in [0, 0.05) is 18.7 Å². The van der Waals surface area contributed by atoms with E-state index in [2.05, 4.69) is 5.32 Å². The molecule has 1 atom stereocenters. The van der Waals surface area contributed by atoms with Gasteiger partial charge in [0.2, 0.25) is 0 Å². The molecule has 1 unspecified atom stereocenters. The molecule has 0 fully saturated rings. The third-order valence-corrected chi connectivity index (χ3v) is 7.70.